The molecule has 9 nitrogen and oxygen atoms in total. The van der Waals surface area contributed by atoms with E-state index in [2.05, 4.69) is 13.8 Å². The summed E-state index contributed by atoms with van der Waals surface area (Å²) >= 11 is 0. The third kappa shape index (κ3) is 4.69. The Hall–Kier alpha value is -1.52. The number of cyclic esters (lactones) is 1. The van der Waals surface area contributed by atoms with Crippen molar-refractivity contribution in [3.8, 4) is 0 Å². The maximum absolute atomic E-state index is 12.7. The predicted molar refractivity (Wildman–Crippen MR) is 147 cm³/mol. The van der Waals surface area contributed by atoms with Gasteiger partial charge in [0.1, 0.15) is 18.8 Å². The molecule has 6 aliphatic rings. The van der Waals surface area contributed by atoms with Gasteiger partial charge in [0.25, 0.3) is 0 Å². The molecule has 2 heterocycles. The van der Waals surface area contributed by atoms with Gasteiger partial charge in [0.2, 0.25) is 0 Å². The number of hydrogen-bond donors (Lipinski definition) is 2. The van der Waals surface area contributed by atoms with E-state index < -0.39 is 23.2 Å². The molecule has 1 saturated heterocycles. The van der Waals surface area contributed by atoms with E-state index in [4.69, 9.17) is 23.7 Å². The summed E-state index contributed by atoms with van der Waals surface area (Å²) in [6.07, 6.45) is 7.14. The normalized spacial score (nSPS) is 51.2. The van der Waals surface area contributed by atoms with Crippen molar-refractivity contribution in [3.63, 3.8) is 0 Å². The van der Waals surface area contributed by atoms with E-state index in [0.717, 1.165) is 50.5 Å². The molecule has 0 unspecified atom stereocenters. The molecule has 5 fully saturated rings. The third-order valence-corrected chi connectivity index (χ3v) is 12.5. The SMILES string of the molecule is CO[C@@H]1C[C@@H](O[C@@H]2CC[C@]3(C)[C@@H](CC[C@H]4[C@H]3CC[C@@]3(C)[C@H](C5=CC(=O)OC5)[C@H](OC(C)=O)C[C@@]43O)C2)O[C@H](C)[C@H]1O. The van der Waals surface area contributed by atoms with Crippen LogP contribution in [0, 0.1) is 34.5 Å². The lowest BCUT2D eigenvalue weighted by Crippen LogP contribution is -2.62. The molecule has 0 bridgehead atoms. The van der Waals surface area contributed by atoms with Gasteiger partial charge in [-0.2, -0.15) is 0 Å². The largest absolute Gasteiger partial charge is 0.462 e. The van der Waals surface area contributed by atoms with Crippen LogP contribution >= 0.6 is 0 Å². The minimum atomic E-state index is -0.990. The fourth-order valence-corrected chi connectivity index (χ4v) is 10.4. The number of esters is 2. The summed E-state index contributed by atoms with van der Waals surface area (Å²) in [5.41, 5.74) is -0.559. The predicted octanol–water partition coefficient (Wildman–Crippen LogP) is 3.68. The second-order valence-corrected chi connectivity index (χ2v) is 14.3. The van der Waals surface area contributed by atoms with Gasteiger partial charge in [0.05, 0.1) is 23.9 Å². The Morgan fingerprint density at radius 3 is 2.54 bits per heavy atom. The van der Waals surface area contributed by atoms with Crippen LogP contribution in [0.5, 0.6) is 0 Å². The van der Waals surface area contributed by atoms with Crippen molar-refractivity contribution in [2.45, 2.75) is 128 Å². The zero-order chi connectivity index (χ0) is 29.3. The van der Waals surface area contributed by atoms with E-state index in [1.807, 2.05) is 6.92 Å². The van der Waals surface area contributed by atoms with E-state index in [0.29, 0.717) is 24.7 Å². The Morgan fingerprint density at radius 1 is 1.07 bits per heavy atom. The molecular weight excluding hydrogens is 528 g/mol. The number of rotatable bonds is 5. The van der Waals surface area contributed by atoms with Gasteiger partial charge in [-0.25, -0.2) is 4.79 Å². The first-order chi connectivity index (χ1) is 19.4. The Morgan fingerprint density at radius 2 is 1.85 bits per heavy atom. The number of carbonyl (C=O) groups excluding carboxylic acids is 2. The maximum atomic E-state index is 12.7. The van der Waals surface area contributed by atoms with Crippen molar-refractivity contribution in [2.75, 3.05) is 13.7 Å². The fraction of sp³-hybridized carbons (Fsp3) is 0.875. The van der Waals surface area contributed by atoms with Crippen LogP contribution in [0.1, 0.15) is 85.5 Å². The first-order valence-electron chi connectivity index (χ1n) is 15.7. The topological polar surface area (TPSA) is 121 Å². The van der Waals surface area contributed by atoms with Crippen molar-refractivity contribution in [3.05, 3.63) is 11.6 Å². The molecule has 2 aliphatic heterocycles. The molecule has 0 amide bonds. The van der Waals surface area contributed by atoms with Gasteiger partial charge in [-0.3, -0.25) is 4.79 Å². The number of carbonyl (C=O) groups is 2. The van der Waals surface area contributed by atoms with Crippen LogP contribution < -0.4 is 0 Å². The highest BCUT2D eigenvalue weighted by Gasteiger charge is 2.71. The lowest BCUT2D eigenvalue weighted by molar-refractivity contribution is -0.273. The monoisotopic (exact) mass is 576 g/mol. The highest BCUT2D eigenvalue weighted by molar-refractivity contribution is 5.85. The highest BCUT2D eigenvalue weighted by atomic mass is 16.7. The number of aliphatic hydroxyl groups excluding tert-OH is 1. The van der Waals surface area contributed by atoms with Crippen LogP contribution in [0.3, 0.4) is 0 Å². The van der Waals surface area contributed by atoms with Crippen LogP contribution in [0.25, 0.3) is 0 Å². The van der Waals surface area contributed by atoms with Crippen LogP contribution in [0.4, 0.5) is 0 Å². The lowest BCUT2D eigenvalue weighted by Gasteiger charge is -2.63. The van der Waals surface area contributed by atoms with Gasteiger partial charge < -0.3 is 33.9 Å². The van der Waals surface area contributed by atoms with E-state index in [9.17, 15) is 19.8 Å². The van der Waals surface area contributed by atoms with Crippen molar-refractivity contribution in [1.29, 1.82) is 0 Å². The van der Waals surface area contributed by atoms with Gasteiger partial charge in [-0.15, -0.1) is 0 Å². The summed E-state index contributed by atoms with van der Waals surface area (Å²) in [7, 11) is 1.62. The zero-order valence-corrected chi connectivity index (χ0v) is 25.2. The molecule has 13 atom stereocenters. The number of hydrogen-bond acceptors (Lipinski definition) is 9. The quantitative estimate of drug-likeness (QED) is 0.373. The summed E-state index contributed by atoms with van der Waals surface area (Å²) in [5, 5.41) is 23.0. The van der Waals surface area contributed by atoms with Gasteiger partial charge in [0.15, 0.2) is 6.29 Å². The molecule has 0 aromatic carbocycles. The zero-order valence-electron chi connectivity index (χ0n) is 25.2. The van der Waals surface area contributed by atoms with E-state index in [1.165, 1.54) is 6.92 Å². The average molecular weight is 577 g/mol. The van der Waals surface area contributed by atoms with Crippen LogP contribution in [0.15, 0.2) is 11.6 Å². The molecule has 9 heteroatoms. The van der Waals surface area contributed by atoms with E-state index in [1.54, 1.807) is 13.2 Å². The third-order valence-electron chi connectivity index (χ3n) is 12.5. The Bertz CT molecular complexity index is 1080. The van der Waals surface area contributed by atoms with Gasteiger partial charge in [-0.05, 0) is 80.6 Å². The van der Waals surface area contributed by atoms with Crippen LogP contribution in [0.2, 0.25) is 0 Å². The molecule has 4 saturated carbocycles. The minimum Gasteiger partial charge on any atom is -0.462 e. The summed E-state index contributed by atoms with van der Waals surface area (Å²) in [4.78, 5) is 24.2. The van der Waals surface area contributed by atoms with Crippen molar-refractivity contribution in [1.82, 2.24) is 0 Å². The number of fused-ring (bicyclic) bond motifs is 5. The van der Waals surface area contributed by atoms with Crippen molar-refractivity contribution >= 4 is 11.9 Å². The van der Waals surface area contributed by atoms with Crippen molar-refractivity contribution < 1.29 is 43.5 Å². The number of aliphatic hydroxyl groups is 2. The first kappa shape index (κ1) is 29.5. The second kappa shape index (κ2) is 10.6. The Labute approximate surface area is 243 Å². The number of ether oxygens (including phenoxy) is 5. The van der Waals surface area contributed by atoms with Gasteiger partial charge in [-0.1, -0.05) is 13.8 Å². The molecule has 0 spiro atoms. The summed E-state index contributed by atoms with van der Waals surface area (Å²) in [6.45, 7) is 8.06. The minimum absolute atomic E-state index is 0.0898. The summed E-state index contributed by atoms with van der Waals surface area (Å²) in [6, 6.07) is 0. The second-order valence-electron chi connectivity index (χ2n) is 14.3. The Kier molecular flexibility index (Phi) is 7.62. The molecular formula is C32H48O9. The highest BCUT2D eigenvalue weighted by Crippen LogP contribution is 2.70. The number of methoxy groups -OCH3 is 1. The molecule has 230 valence electrons. The van der Waals surface area contributed by atoms with E-state index >= 15 is 0 Å². The molecule has 0 aromatic heterocycles. The Balaban J connectivity index is 1.19. The molecule has 2 N–H and O–H groups in total. The van der Waals surface area contributed by atoms with Crippen LogP contribution in [-0.4, -0.2) is 78.3 Å². The molecule has 0 aromatic rings. The summed E-state index contributed by atoms with van der Waals surface area (Å²) in [5.74, 6) is 0.0175. The molecule has 6 rings (SSSR count). The van der Waals surface area contributed by atoms with Crippen LogP contribution in [-0.2, 0) is 33.3 Å². The maximum Gasteiger partial charge on any atom is 0.331 e. The smallest absolute Gasteiger partial charge is 0.331 e. The van der Waals surface area contributed by atoms with Gasteiger partial charge >= 0.3 is 11.9 Å². The lowest BCUT2D eigenvalue weighted by atomic mass is 9.43. The molecule has 0 radical (unpaired) electrons. The summed E-state index contributed by atoms with van der Waals surface area (Å²) < 4.78 is 29.1. The average Bonchev–Trinajstić information content (AvgIpc) is 3.42. The standard InChI is InChI=1S/C32H48O9/c1-17-29(35)24(37-5)14-27(39-17)41-21-8-10-30(3)20(13-21)6-7-23-22(30)9-11-31(4)28(19-12-26(34)38-16-19)25(40-18(2)33)15-32(23,31)36/h12,17,20-25,27-29,35-36H,6-11,13-16H2,1-5H3/t17-,20+,21-,22-,23+,24-,25-,27-,28-,29-,30-,31+,32-/m1/s1. The van der Waals surface area contributed by atoms with Gasteiger partial charge in [0, 0.05) is 44.3 Å². The van der Waals surface area contributed by atoms with E-state index in [-0.39, 0.29) is 60.4 Å². The molecule has 4 aliphatic carbocycles. The first-order valence-corrected chi connectivity index (χ1v) is 15.7. The molecule has 41 heavy (non-hydrogen) atoms. The van der Waals surface area contributed by atoms with Crippen molar-refractivity contribution in [2.24, 2.45) is 34.5 Å². The fourth-order valence-electron chi connectivity index (χ4n) is 10.4.